The molecule has 1 aromatic heterocycles. The molecule has 1 aliphatic rings. The molecule has 0 atom stereocenters. The van der Waals surface area contributed by atoms with Crippen molar-refractivity contribution in [1.29, 1.82) is 0 Å². The molecule has 0 saturated heterocycles. The fourth-order valence-corrected chi connectivity index (χ4v) is 6.20. The summed E-state index contributed by atoms with van der Waals surface area (Å²) in [5.74, 6) is 2.61. The summed E-state index contributed by atoms with van der Waals surface area (Å²) in [5.41, 5.74) is 6.37. The molecule has 6 aromatic rings. The Morgan fingerprint density at radius 1 is 0.632 bits per heavy atom. The van der Waals surface area contributed by atoms with Crippen molar-refractivity contribution in [1.82, 2.24) is 9.97 Å². The van der Waals surface area contributed by atoms with Crippen LogP contribution in [-0.4, -0.2) is 9.97 Å². The molecule has 0 fully saturated rings. The van der Waals surface area contributed by atoms with Crippen LogP contribution in [0.15, 0.2) is 109 Å². The van der Waals surface area contributed by atoms with Crippen LogP contribution in [0.5, 0.6) is 11.5 Å². The van der Waals surface area contributed by atoms with Crippen LogP contribution in [0.4, 0.5) is 0 Å². The third kappa shape index (κ3) is 3.35. The van der Waals surface area contributed by atoms with Gasteiger partial charge in [0.1, 0.15) is 11.5 Å². The standard InChI is InChI=1S/C35H28N2O/c1-3-35(4-2)28-17-8-10-19-31(28)38-32-21-20-24(22-29(32)35)34-36-30-18-9-7-15-27(30)33(37-34)26-16-11-13-23-12-5-6-14-25(23)26/h5-22H,3-4H2,1-2H3. The molecule has 5 aromatic carbocycles. The van der Waals surface area contributed by atoms with Crippen molar-refractivity contribution in [3.63, 3.8) is 0 Å². The van der Waals surface area contributed by atoms with E-state index < -0.39 is 0 Å². The van der Waals surface area contributed by atoms with Crippen LogP contribution in [-0.2, 0) is 5.41 Å². The van der Waals surface area contributed by atoms with Crippen molar-refractivity contribution in [2.24, 2.45) is 0 Å². The van der Waals surface area contributed by atoms with Crippen molar-refractivity contribution in [2.45, 2.75) is 32.1 Å². The van der Waals surface area contributed by atoms with Gasteiger partial charge in [0.05, 0.1) is 11.2 Å². The Bertz CT molecular complexity index is 1830. The molecule has 0 spiro atoms. The van der Waals surface area contributed by atoms with Crippen LogP contribution in [0.1, 0.15) is 37.8 Å². The Morgan fingerprint density at radius 2 is 1.34 bits per heavy atom. The zero-order chi connectivity index (χ0) is 25.7. The molecule has 0 radical (unpaired) electrons. The Morgan fingerprint density at radius 3 is 2.21 bits per heavy atom. The lowest BCUT2D eigenvalue weighted by molar-refractivity contribution is 0.375. The summed E-state index contributed by atoms with van der Waals surface area (Å²) in [5, 5.41) is 3.45. The van der Waals surface area contributed by atoms with Gasteiger partial charge in [-0.3, -0.25) is 0 Å². The molecule has 2 heterocycles. The van der Waals surface area contributed by atoms with Crippen molar-refractivity contribution >= 4 is 21.7 Å². The molecular formula is C35H28N2O. The summed E-state index contributed by atoms with van der Waals surface area (Å²) in [4.78, 5) is 10.3. The Labute approximate surface area is 222 Å². The van der Waals surface area contributed by atoms with E-state index in [0.717, 1.165) is 57.9 Å². The largest absolute Gasteiger partial charge is 0.457 e. The number of hydrogen-bond donors (Lipinski definition) is 0. The number of fused-ring (bicyclic) bond motifs is 4. The maximum absolute atomic E-state index is 6.40. The third-order valence-corrected chi connectivity index (χ3v) is 8.23. The highest BCUT2D eigenvalue weighted by Crippen LogP contribution is 2.52. The zero-order valence-electron chi connectivity index (χ0n) is 21.6. The minimum absolute atomic E-state index is 0.116. The first kappa shape index (κ1) is 22.7. The Hall–Kier alpha value is -4.50. The average molecular weight is 493 g/mol. The van der Waals surface area contributed by atoms with Crippen molar-refractivity contribution < 1.29 is 4.74 Å². The maximum Gasteiger partial charge on any atom is 0.160 e. The quantitative estimate of drug-likeness (QED) is 0.246. The molecule has 0 unspecified atom stereocenters. The van der Waals surface area contributed by atoms with E-state index in [0.29, 0.717) is 0 Å². The van der Waals surface area contributed by atoms with E-state index in [1.54, 1.807) is 0 Å². The van der Waals surface area contributed by atoms with Crippen LogP contribution in [0.3, 0.4) is 0 Å². The Balaban J connectivity index is 1.46. The average Bonchev–Trinajstić information content (AvgIpc) is 2.99. The summed E-state index contributed by atoms with van der Waals surface area (Å²) in [7, 11) is 0. The normalized spacial score (nSPS) is 13.6. The van der Waals surface area contributed by atoms with Gasteiger partial charge >= 0.3 is 0 Å². The van der Waals surface area contributed by atoms with Crippen LogP contribution in [0.2, 0.25) is 0 Å². The van der Waals surface area contributed by atoms with Crippen molar-refractivity contribution in [3.05, 3.63) is 120 Å². The second-order valence-electron chi connectivity index (χ2n) is 10.0. The van der Waals surface area contributed by atoms with Crippen LogP contribution >= 0.6 is 0 Å². The fourth-order valence-electron chi connectivity index (χ4n) is 6.20. The monoisotopic (exact) mass is 492 g/mol. The number of para-hydroxylation sites is 2. The molecule has 38 heavy (non-hydrogen) atoms. The number of ether oxygens (including phenoxy) is 1. The van der Waals surface area contributed by atoms with Gasteiger partial charge in [-0.25, -0.2) is 9.97 Å². The maximum atomic E-state index is 6.40. The second-order valence-corrected chi connectivity index (χ2v) is 10.0. The van der Waals surface area contributed by atoms with Gasteiger partial charge < -0.3 is 4.74 Å². The molecule has 3 nitrogen and oxygen atoms in total. The first-order valence-corrected chi connectivity index (χ1v) is 13.4. The molecule has 1 aliphatic heterocycles. The van der Waals surface area contributed by atoms with E-state index in [-0.39, 0.29) is 5.41 Å². The van der Waals surface area contributed by atoms with Gasteiger partial charge in [0.25, 0.3) is 0 Å². The highest BCUT2D eigenvalue weighted by molar-refractivity contribution is 6.03. The van der Waals surface area contributed by atoms with Gasteiger partial charge in [0, 0.05) is 33.1 Å². The van der Waals surface area contributed by atoms with Crippen LogP contribution in [0, 0.1) is 0 Å². The van der Waals surface area contributed by atoms with Crippen LogP contribution < -0.4 is 4.74 Å². The predicted octanol–water partition coefficient (Wildman–Crippen LogP) is 9.33. The summed E-state index contributed by atoms with van der Waals surface area (Å²) in [6.45, 7) is 4.54. The van der Waals surface area contributed by atoms with Crippen LogP contribution in [0.25, 0.3) is 44.3 Å². The fraction of sp³-hybridized carbons (Fsp3) is 0.143. The summed E-state index contributed by atoms with van der Waals surface area (Å²) >= 11 is 0. The molecule has 0 amide bonds. The molecule has 184 valence electrons. The van der Waals surface area contributed by atoms with Gasteiger partial charge in [-0.15, -0.1) is 0 Å². The van der Waals surface area contributed by atoms with E-state index in [1.165, 1.54) is 21.9 Å². The molecule has 0 saturated carbocycles. The van der Waals surface area contributed by atoms with Crippen molar-refractivity contribution in [2.75, 3.05) is 0 Å². The van der Waals surface area contributed by atoms with E-state index in [9.17, 15) is 0 Å². The second kappa shape index (κ2) is 8.81. The highest BCUT2D eigenvalue weighted by Gasteiger charge is 2.39. The molecule has 0 bridgehead atoms. The van der Waals surface area contributed by atoms with Gasteiger partial charge in [0.15, 0.2) is 5.82 Å². The van der Waals surface area contributed by atoms with E-state index >= 15 is 0 Å². The highest BCUT2D eigenvalue weighted by atomic mass is 16.5. The first-order valence-electron chi connectivity index (χ1n) is 13.4. The number of benzene rings is 5. The number of rotatable bonds is 4. The van der Waals surface area contributed by atoms with Gasteiger partial charge in [-0.05, 0) is 53.9 Å². The van der Waals surface area contributed by atoms with E-state index in [4.69, 9.17) is 14.7 Å². The molecule has 0 N–H and O–H groups in total. The SMILES string of the molecule is CCC1(CC)c2ccccc2Oc2ccc(-c3nc(-c4cccc5ccccc45)c4ccccc4n3)cc21. The molecular weight excluding hydrogens is 464 g/mol. The topological polar surface area (TPSA) is 35.0 Å². The minimum Gasteiger partial charge on any atom is -0.457 e. The third-order valence-electron chi connectivity index (χ3n) is 8.23. The van der Waals surface area contributed by atoms with E-state index in [2.05, 4.69) is 111 Å². The lowest BCUT2D eigenvalue weighted by Crippen LogP contribution is -2.30. The first-order chi connectivity index (χ1) is 18.7. The summed E-state index contributed by atoms with van der Waals surface area (Å²) in [6, 6.07) is 38.1. The lowest BCUT2D eigenvalue weighted by atomic mass is 9.68. The number of hydrogen-bond acceptors (Lipinski definition) is 3. The van der Waals surface area contributed by atoms with E-state index in [1.807, 2.05) is 12.1 Å². The van der Waals surface area contributed by atoms with Crippen molar-refractivity contribution in [3.8, 4) is 34.1 Å². The predicted molar refractivity (Wildman–Crippen MR) is 156 cm³/mol. The minimum atomic E-state index is -0.116. The number of nitrogens with zero attached hydrogens (tertiary/aromatic N) is 2. The lowest BCUT2D eigenvalue weighted by Gasteiger charge is -2.39. The molecule has 0 aliphatic carbocycles. The van der Waals surface area contributed by atoms with Gasteiger partial charge in [0.2, 0.25) is 0 Å². The molecule has 7 rings (SSSR count). The number of aromatic nitrogens is 2. The van der Waals surface area contributed by atoms with Gasteiger partial charge in [-0.1, -0.05) is 92.7 Å². The summed E-state index contributed by atoms with van der Waals surface area (Å²) in [6.07, 6.45) is 1.97. The molecule has 3 heteroatoms. The zero-order valence-corrected chi connectivity index (χ0v) is 21.6. The smallest absolute Gasteiger partial charge is 0.160 e. The Kier molecular flexibility index (Phi) is 5.26. The summed E-state index contributed by atoms with van der Waals surface area (Å²) < 4.78 is 6.40. The van der Waals surface area contributed by atoms with Gasteiger partial charge in [-0.2, -0.15) is 0 Å².